The van der Waals surface area contributed by atoms with Crippen LogP contribution in [0.15, 0.2) is 24.3 Å². The van der Waals surface area contributed by atoms with Crippen molar-refractivity contribution < 1.29 is 14.7 Å². The number of benzene rings is 1. The fraction of sp³-hybridized carbons (Fsp3) is 0.333. The summed E-state index contributed by atoms with van der Waals surface area (Å²) in [6, 6.07) is 7.11. The van der Waals surface area contributed by atoms with Crippen LogP contribution in [0.5, 0.6) is 0 Å². The molecule has 0 aliphatic heterocycles. The first kappa shape index (κ1) is 13.6. The Bertz CT molecular complexity index is 420. The van der Waals surface area contributed by atoms with Crippen LogP contribution in [-0.4, -0.2) is 22.2 Å². The zero-order chi connectivity index (χ0) is 12.8. The first-order valence-electron chi connectivity index (χ1n) is 5.21. The second kappa shape index (κ2) is 6.30. The fourth-order valence-electron chi connectivity index (χ4n) is 1.42. The van der Waals surface area contributed by atoms with E-state index in [9.17, 15) is 9.59 Å². The number of nitrogens with two attached hydrogens (primary N) is 1. The Balaban J connectivity index is 2.63. The predicted octanol–water partition coefficient (Wildman–Crippen LogP) is 1.88. The van der Waals surface area contributed by atoms with E-state index >= 15 is 0 Å². The van der Waals surface area contributed by atoms with Gasteiger partial charge in [0.05, 0.1) is 6.42 Å². The highest BCUT2D eigenvalue weighted by Crippen LogP contribution is 2.22. The molecular weight excluding hydrogens is 238 g/mol. The van der Waals surface area contributed by atoms with Crippen molar-refractivity contribution in [1.29, 1.82) is 0 Å². The van der Waals surface area contributed by atoms with Crippen LogP contribution >= 0.6 is 11.8 Å². The zero-order valence-corrected chi connectivity index (χ0v) is 10.4. The van der Waals surface area contributed by atoms with Crippen LogP contribution < -0.4 is 5.73 Å². The molecule has 0 saturated carbocycles. The summed E-state index contributed by atoms with van der Waals surface area (Å²) < 4.78 is 0. The summed E-state index contributed by atoms with van der Waals surface area (Å²) in [6.45, 7) is 1.85. The minimum Gasteiger partial charge on any atom is -0.481 e. The van der Waals surface area contributed by atoms with Crippen molar-refractivity contribution in [3.05, 3.63) is 35.4 Å². The molecule has 0 bridgehead atoms. The van der Waals surface area contributed by atoms with Crippen molar-refractivity contribution >= 4 is 23.6 Å². The first-order valence-corrected chi connectivity index (χ1v) is 6.26. The highest BCUT2D eigenvalue weighted by molar-refractivity contribution is 7.99. The molecule has 1 aromatic rings. The Kier molecular flexibility index (Phi) is 5.03. The van der Waals surface area contributed by atoms with Gasteiger partial charge in [0, 0.05) is 16.6 Å². The molecule has 0 aliphatic rings. The average Bonchev–Trinajstić information content (AvgIpc) is 2.25. The van der Waals surface area contributed by atoms with Crippen molar-refractivity contribution in [3.63, 3.8) is 0 Å². The first-order chi connectivity index (χ1) is 8.00. The van der Waals surface area contributed by atoms with E-state index in [0.717, 1.165) is 5.56 Å². The smallest absolute Gasteiger partial charge is 0.304 e. The van der Waals surface area contributed by atoms with Gasteiger partial charge in [-0.3, -0.25) is 9.59 Å². The van der Waals surface area contributed by atoms with E-state index in [-0.39, 0.29) is 11.7 Å². The SMILES string of the molecule is CC(CC(=O)O)SCc1ccccc1C(N)=O. The summed E-state index contributed by atoms with van der Waals surface area (Å²) in [5.41, 5.74) is 6.61. The van der Waals surface area contributed by atoms with E-state index in [4.69, 9.17) is 10.8 Å². The van der Waals surface area contributed by atoms with Gasteiger partial charge >= 0.3 is 5.97 Å². The number of hydrogen-bond donors (Lipinski definition) is 2. The molecule has 0 spiro atoms. The predicted molar refractivity (Wildman–Crippen MR) is 68.0 cm³/mol. The molecule has 0 aromatic heterocycles. The number of rotatable bonds is 6. The molecule has 5 heteroatoms. The van der Waals surface area contributed by atoms with E-state index in [1.165, 1.54) is 11.8 Å². The van der Waals surface area contributed by atoms with Gasteiger partial charge in [0.25, 0.3) is 0 Å². The molecule has 4 nitrogen and oxygen atoms in total. The number of primary amides is 1. The molecule has 1 aromatic carbocycles. The lowest BCUT2D eigenvalue weighted by atomic mass is 10.1. The molecular formula is C12H15NO3S. The topological polar surface area (TPSA) is 80.4 Å². The number of hydrogen-bond acceptors (Lipinski definition) is 3. The highest BCUT2D eigenvalue weighted by atomic mass is 32.2. The molecule has 1 amide bonds. The molecule has 3 N–H and O–H groups in total. The zero-order valence-electron chi connectivity index (χ0n) is 9.55. The Morgan fingerprint density at radius 2 is 2.06 bits per heavy atom. The summed E-state index contributed by atoms with van der Waals surface area (Å²) in [5.74, 6) is -0.673. The summed E-state index contributed by atoms with van der Waals surface area (Å²) in [4.78, 5) is 21.7. The maximum atomic E-state index is 11.2. The molecule has 1 unspecified atom stereocenters. The van der Waals surface area contributed by atoms with Gasteiger partial charge in [-0.05, 0) is 11.6 Å². The minimum absolute atomic E-state index is 0.00781. The second-order valence-corrected chi connectivity index (χ2v) is 5.17. The molecule has 1 atom stereocenters. The fourth-order valence-corrected chi connectivity index (χ4v) is 2.40. The quantitative estimate of drug-likeness (QED) is 0.811. The molecule has 92 valence electrons. The molecule has 0 fully saturated rings. The summed E-state index contributed by atoms with van der Waals surface area (Å²) in [7, 11) is 0. The lowest BCUT2D eigenvalue weighted by molar-refractivity contribution is -0.136. The van der Waals surface area contributed by atoms with Gasteiger partial charge in [-0.25, -0.2) is 0 Å². The summed E-state index contributed by atoms with van der Waals surface area (Å²) in [6.07, 6.45) is 0.114. The Morgan fingerprint density at radius 1 is 1.41 bits per heavy atom. The molecule has 1 rings (SSSR count). The average molecular weight is 253 g/mol. The Morgan fingerprint density at radius 3 is 2.65 bits per heavy atom. The van der Waals surface area contributed by atoms with Gasteiger partial charge in [-0.15, -0.1) is 0 Å². The van der Waals surface area contributed by atoms with Crippen LogP contribution in [0.4, 0.5) is 0 Å². The minimum atomic E-state index is -0.812. The largest absolute Gasteiger partial charge is 0.481 e. The number of amides is 1. The van der Waals surface area contributed by atoms with Crippen LogP contribution in [-0.2, 0) is 10.5 Å². The van der Waals surface area contributed by atoms with Crippen molar-refractivity contribution in [2.24, 2.45) is 5.73 Å². The van der Waals surface area contributed by atoms with Gasteiger partial charge in [0.15, 0.2) is 0 Å². The normalized spacial score (nSPS) is 12.1. The number of carbonyl (C=O) groups is 2. The van der Waals surface area contributed by atoms with E-state index < -0.39 is 11.9 Å². The van der Waals surface area contributed by atoms with E-state index in [0.29, 0.717) is 11.3 Å². The van der Waals surface area contributed by atoms with E-state index in [2.05, 4.69) is 0 Å². The van der Waals surface area contributed by atoms with Crippen LogP contribution in [0, 0.1) is 0 Å². The molecule has 0 heterocycles. The van der Waals surface area contributed by atoms with Crippen molar-refractivity contribution in [1.82, 2.24) is 0 Å². The number of aliphatic carboxylic acids is 1. The third kappa shape index (κ3) is 4.48. The molecule has 0 saturated heterocycles. The van der Waals surface area contributed by atoms with Gasteiger partial charge in [0.2, 0.25) is 5.91 Å². The highest BCUT2D eigenvalue weighted by Gasteiger charge is 2.11. The number of carboxylic acid groups (broad SMARTS) is 1. The maximum absolute atomic E-state index is 11.2. The van der Waals surface area contributed by atoms with Crippen LogP contribution in [0.1, 0.15) is 29.3 Å². The van der Waals surface area contributed by atoms with E-state index in [1.54, 1.807) is 12.1 Å². The summed E-state index contributed by atoms with van der Waals surface area (Å²) >= 11 is 1.50. The number of carbonyl (C=O) groups excluding carboxylic acids is 1. The monoisotopic (exact) mass is 253 g/mol. The van der Waals surface area contributed by atoms with E-state index in [1.807, 2.05) is 19.1 Å². The Labute approximate surface area is 104 Å². The van der Waals surface area contributed by atoms with Crippen LogP contribution in [0.2, 0.25) is 0 Å². The van der Waals surface area contributed by atoms with Gasteiger partial charge in [-0.2, -0.15) is 11.8 Å². The lowest BCUT2D eigenvalue weighted by Gasteiger charge is -2.10. The molecule has 0 aliphatic carbocycles. The second-order valence-electron chi connectivity index (χ2n) is 3.74. The molecule has 0 radical (unpaired) electrons. The van der Waals surface area contributed by atoms with Crippen molar-refractivity contribution in [2.45, 2.75) is 24.3 Å². The number of carboxylic acids is 1. The Hall–Kier alpha value is -1.49. The third-order valence-electron chi connectivity index (χ3n) is 2.27. The van der Waals surface area contributed by atoms with Gasteiger partial charge < -0.3 is 10.8 Å². The molecule has 17 heavy (non-hydrogen) atoms. The maximum Gasteiger partial charge on any atom is 0.304 e. The van der Waals surface area contributed by atoms with Gasteiger partial charge in [-0.1, -0.05) is 25.1 Å². The van der Waals surface area contributed by atoms with Crippen LogP contribution in [0.25, 0.3) is 0 Å². The summed E-state index contributed by atoms with van der Waals surface area (Å²) in [5, 5.41) is 8.64. The van der Waals surface area contributed by atoms with Gasteiger partial charge in [0.1, 0.15) is 0 Å². The van der Waals surface area contributed by atoms with Crippen molar-refractivity contribution in [3.8, 4) is 0 Å². The number of thioether (sulfide) groups is 1. The standard InChI is InChI=1S/C12H15NO3S/c1-8(6-11(14)15)17-7-9-4-2-3-5-10(9)12(13)16/h2-5,8H,6-7H2,1H3,(H2,13,16)(H,14,15). The van der Waals surface area contributed by atoms with Crippen molar-refractivity contribution in [2.75, 3.05) is 0 Å². The van der Waals surface area contributed by atoms with Crippen LogP contribution in [0.3, 0.4) is 0 Å². The third-order valence-corrected chi connectivity index (χ3v) is 3.48. The lowest BCUT2D eigenvalue weighted by Crippen LogP contribution is -2.13.